The van der Waals surface area contributed by atoms with Gasteiger partial charge < -0.3 is 15.3 Å². The van der Waals surface area contributed by atoms with Crippen molar-refractivity contribution in [1.82, 2.24) is 0 Å². The highest BCUT2D eigenvalue weighted by molar-refractivity contribution is 5.66. The summed E-state index contributed by atoms with van der Waals surface area (Å²) >= 11 is 0. The summed E-state index contributed by atoms with van der Waals surface area (Å²) in [6.45, 7) is 5.74. The van der Waals surface area contributed by atoms with Gasteiger partial charge in [-0.2, -0.15) is 0 Å². The molecule has 0 aliphatic rings. The normalized spacial score (nSPS) is 10.5. The molecule has 0 aromatic carbocycles. The van der Waals surface area contributed by atoms with E-state index in [-0.39, 0.29) is 18.6 Å². The highest BCUT2D eigenvalue weighted by atomic mass is 16.4. The van der Waals surface area contributed by atoms with Crippen molar-refractivity contribution in [3.8, 4) is 0 Å². The van der Waals surface area contributed by atoms with E-state index in [9.17, 15) is 4.79 Å². The second-order valence-corrected chi connectivity index (χ2v) is 4.33. The first-order chi connectivity index (χ1) is 6.89. The molecule has 0 saturated heterocycles. The van der Waals surface area contributed by atoms with Crippen LogP contribution in [-0.4, -0.2) is 34.5 Å². The molecule has 0 rings (SSSR count). The van der Waals surface area contributed by atoms with Crippen LogP contribution in [0.5, 0.6) is 0 Å². The van der Waals surface area contributed by atoms with Gasteiger partial charge in [0.05, 0.1) is 13.2 Å². The number of carboxylic acids is 1. The molecule has 15 heavy (non-hydrogen) atoms. The monoisotopic (exact) mass is 220 g/mol. The Bertz CT molecular complexity index is 149. The second-order valence-electron chi connectivity index (χ2n) is 4.33. The first-order valence-electron chi connectivity index (χ1n) is 5.33. The molecule has 0 heterocycles. The van der Waals surface area contributed by atoms with Gasteiger partial charge in [0.1, 0.15) is 0 Å². The van der Waals surface area contributed by atoms with Crippen molar-refractivity contribution >= 4 is 5.97 Å². The van der Waals surface area contributed by atoms with Gasteiger partial charge in [-0.3, -0.25) is 4.79 Å². The lowest BCUT2D eigenvalue weighted by molar-refractivity contribution is -0.137. The van der Waals surface area contributed by atoms with E-state index in [1.54, 1.807) is 13.8 Å². The standard InChI is InChI=1S/C6H12O2.C5H12O2/c1-2-3-4-5-6(7)8;1-5(2,3-6)4-7/h2-5H2,1H3,(H,7,8);6-7H,3-4H2,1-2H3. The molecule has 0 spiro atoms. The van der Waals surface area contributed by atoms with E-state index in [0.717, 1.165) is 19.3 Å². The number of carboxylic acid groups (broad SMARTS) is 1. The fraction of sp³-hybridized carbons (Fsp3) is 0.909. The summed E-state index contributed by atoms with van der Waals surface area (Å²) < 4.78 is 0. The Labute approximate surface area is 91.9 Å². The Balaban J connectivity index is 0. The molecule has 4 nitrogen and oxygen atoms in total. The molecule has 0 bridgehead atoms. The van der Waals surface area contributed by atoms with Gasteiger partial charge in [-0.25, -0.2) is 0 Å². The van der Waals surface area contributed by atoms with Crippen LogP contribution < -0.4 is 0 Å². The van der Waals surface area contributed by atoms with Gasteiger partial charge in [-0.15, -0.1) is 0 Å². The van der Waals surface area contributed by atoms with Gasteiger partial charge in [-0.05, 0) is 6.42 Å². The maximum Gasteiger partial charge on any atom is 0.303 e. The number of hydrogen-bond donors (Lipinski definition) is 3. The molecule has 0 atom stereocenters. The first-order valence-corrected chi connectivity index (χ1v) is 5.33. The van der Waals surface area contributed by atoms with Crippen molar-refractivity contribution in [3.05, 3.63) is 0 Å². The Morgan fingerprint density at radius 2 is 1.60 bits per heavy atom. The molecule has 92 valence electrons. The predicted molar refractivity (Wildman–Crippen MR) is 59.7 cm³/mol. The Hall–Kier alpha value is -0.610. The van der Waals surface area contributed by atoms with Crippen molar-refractivity contribution in [1.29, 1.82) is 0 Å². The predicted octanol–water partition coefficient (Wildman–Crippen LogP) is 1.65. The van der Waals surface area contributed by atoms with Crippen LogP contribution in [-0.2, 0) is 4.79 Å². The summed E-state index contributed by atoms with van der Waals surface area (Å²) in [5, 5.41) is 25.0. The zero-order valence-electron chi connectivity index (χ0n) is 9.99. The van der Waals surface area contributed by atoms with Crippen molar-refractivity contribution in [2.75, 3.05) is 13.2 Å². The Kier molecular flexibility index (Phi) is 11.1. The highest BCUT2D eigenvalue weighted by Gasteiger charge is 2.13. The van der Waals surface area contributed by atoms with Crippen LogP contribution in [0.15, 0.2) is 0 Å². The molecular weight excluding hydrogens is 196 g/mol. The smallest absolute Gasteiger partial charge is 0.303 e. The lowest BCUT2D eigenvalue weighted by atomic mass is 9.97. The minimum atomic E-state index is -0.682. The molecule has 0 radical (unpaired) electrons. The molecular formula is C11H24O4. The van der Waals surface area contributed by atoms with E-state index in [0.29, 0.717) is 6.42 Å². The molecule has 4 heteroatoms. The molecule has 0 aliphatic carbocycles. The molecule has 0 fully saturated rings. The van der Waals surface area contributed by atoms with Gasteiger partial charge >= 0.3 is 5.97 Å². The average molecular weight is 220 g/mol. The summed E-state index contributed by atoms with van der Waals surface area (Å²) in [7, 11) is 0. The molecule has 3 N–H and O–H groups in total. The van der Waals surface area contributed by atoms with Gasteiger partial charge in [0.2, 0.25) is 0 Å². The number of rotatable bonds is 6. The van der Waals surface area contributed by atoms with Crippen LogP contribution in [0.1, 0.15) is 46.5 Å². The first kappa shape index (κ1) is 16.8. The average Bonchev–Trinajstić information content (AvgIpc) is 2.19. The van der Waals surface area contributed by atoms with Crippen LogP contribution in [0.4, 0.5) is 0 Å². The zero-order chi connectivity index (χ0) is 12.3. The maximum atomic E-state index is 9.87. The fourth-order valence-corrected chi connectivity index (χ4v) is 0.576. The van der Waals surface area contributed by atoms with Gasteiger partial charge in [0, 0.05) is 11.8 Å². The molecule has 0 aliphatic heterocycles. The molecule has 0 unspecified atom stereocenters. The summed E-state index contributed by atoms with van der Waals surface area (Å²) in [6.07, 6.45) is 3.28. The third-order valence-electron chi connectivity index (χ3n) is 1.85. The summed E-state index contributed by atoms with van der Waals surface area (Å²) in [5.74, 6) is -0.682. The lowest BCUT2D eigenvalue weighted by Crippen LogP contribution is -2.20. The summed E-state index contributed by atoms with van der Waals surface area (Å²) in [5.41, 5.74) is -0.306. The van der Waals surface area contributed by atoms with E-state index in [1.807, 2.05) is 0 Å². The minimum absolute atomic E-state index is 0.0451. The maximum absolute atomic E-state index is 9.87. The highest BCUT2D eigenvalue weighted by Crippen LogP contribution is 2.10. The zero-order valence-corrected chi connectivity index (χ0v) is 9.99. The third kappa shape index (κ3) is 16.1. The molecule has 0 saturated carbocycles. The number of unbranched alkanes of at least 4 members (excludes halogenated alkanes) is 2. The molecule has 0 aromatic rings. The number of aliphatic hydroxyl groups excluding tert-OH is 2. The van der Waals surface area contributed by atoms with E-state index in [2.05, 4.69) is 6.92 Å². The second kappa shape index (κ2) is 9.93. The van der Waals surface area contributed by atoms with E-state index < -0.39 is 5.97 Å². The van der Waals surface area contributed by atoms with Crippen molar-refractivity contribution < 1.29 is 20.1 Å². The summed E-state index contributed by atoms with van der Waals surface area (Å²) in [6, 6.07) is 0. The van der Waals surface area contributed by atoms with Crippen LogP contribution in [0.2, 0.25) is 0 Å². The number of aliphatic carboxylic acids is 1. The number of hydrogen-bond acceptors (Lipinski definition) is 3. The van der Waals surface area contributed by atoms with Crippen LogP contribution in [0, 0.1) is 5.41 Å². The van der Waals surface area contributed by atoms with Crippen LogP contribution in [0.25, 0.3) is 0 Å². The van der Waals surface area contributed by atoms with Gasteiger partial charge in [-0.1, -0.05) is 33.6 Å². The SMILES string of the molecule is CC(C)(CO)CO.CCCCCC(=O)O. The van der Waals surface area contributed by atoms with Gasteiger partial charge in [0.25, 0.3) is 0 Å². The minimum Gasteiger partial charge on any atom is -0.481 e. The Morgan fingerprint density at radius 1 is 1.13 bits per heavy atom. The van der Waals surface area contributed by atoms with Crippen molar-refractivity contribution in [3.63, 3.8) is 0 Å². The van der Waals surface area contributed by atoms with E-state index in [4.69, 9.17) is 15.3 Å². The van der Waals surface area contributed by atoms with Crippen molar-refractivity contribution in [2.45, 2.75) is 46.5 Å². The quantitative estimate of drug-likeness (QED) is 0.595. The van der Waals surface area contributed by atoms with E-state index in [1.165, 1.54) is 0 Å². The number of carbonyl (C=O) groups is 1. The number of aliphatic hydroxyl groups is 2. The van der Waals surface area contributed by atoms with E-state index >= 15 is 0 Å². The van der Waals surface area contributed by atoms with Gasteiger partial charge in [0.15, 0.2) is 0 Å². The fourth-order valence-electron chi connectivity index (χ4n) is 0.576. The van der Waals surface area contributed by atoms with Crippen molar-refractivity contribution in [2.24, 2.45) is 5.41 Å². The summed E-state index contributed by atoms with van der Waals surface area (Å²) in [4.78, 5) is 9.87. The molecule has 0 aromatic heterocycles. The Morgan fingerprint density at radius 3 is 1.80 bits per heavy atom. The molecule has 0 amide bonds. The third-order valence-corrected chi connectivity index (χ3v) is 1.85. The largest absolute Gasteiger partial charge is 0.481 e. The van der Waals surface area contributed by atoms with Crippen LogP contribution in [0.3, 0.4) is 0 Å². The lowest BCUT2D eigenvalue weighted by Gasteiger charge is -2.16. The topological polar surface area (TPSA) is 77.8 Å². The van der Waals surface area contributed by atoms with Crippen LogP contribution >= 0.6 is 0 Å².